The summed E-state index contributed by atoms with van der Waals surface area (Å²) in [6, 6.07) is 0.347. The standard InChI is InChI=1S/C16H28N2O/c1-6-14-16(11-17(14)10-12(2)3)8-7-9-18(16)15(19)13(4)5/h6,12-14H,1,7-11H2,2-5H3. The highest BCUT2D eigenvalue weighted by Crippen LogP contribution is 2.44. The zero-order valence-corrected chi connectivity index (χ0v) is 12.9. The minimum atomic E-state index is 0.0536. The van der Waals surface area contributed by atoms with E-state index in [1.807, 2.05) is 13.8 Å². The van der Waals surface area contributed by atoms with Gasteiger partial charge in [0.05, 0.1) is 11.6 Å². The van der Waals surface area contributed by atoms with Crippen LogP contribution < -0.4 is 0 Å². The third-order valence-corrected chi connectivity index (χ3v) is 4.53. The second-order valence-electron chi connectivity index (χ2n) is 6.86. The summed E-state index contributed by atoms with van der Waals surface area (Å²) >= 11 is 0. The number of hydrogen-bond acceptors (Lipinski definition) is 2. The van der Waals surface area contributed by atoms with Crippen molar-refractivity contribution in [3.63, 3.8) is 0 Å². The van der Waals surface area contributed by atoms with E-state index >= 15 is 0 Å². The summed E-state index contributed by atoms with van der Waals surface area (Å²) in [6.45, 7) is 15.6. The van der Waals surface area contributed by atoms with Crippen molar-refractivity contribution in [3.8, 4) is 0 Å². The molecule has 0 aromatic rings. The highest BCUT2D eigenvalue weighted by molar-refractivity contribution is 5.79. The molecule has 0 radical (unpaired) electrons. The second-order valence-corrected chi connectivity index (χ2v) is 6.86. The predicted octanol–water partition coefficient (Wildman–Crippen LogP) is 2.53. The van der Waals surface area contributed by atoms with E-state index in [0.29, 0.717) is 17.9 Å². The van der Waals surface area contributed by atoms with Crippen LogP contribution in [0.4, 0.5) is 0 Å². The molecule has 2 rings (SSSR count). The largest absolute Gasteiger partial charge is 0.334 e. The Bertz CT molecular complexity index is 364. The smallest absolute Gasteiger partial charge is 0.225 e. The summed E-state index contributed by atoms with van der Waals surface area (Å²) in [4.78, 5) is 17.0. The van der Waals surface area contributed by atoms with Crippen molar-refractivity contribution in [1.29, 1.82) is 0 Å². The number of amides is 1. The van der Waals surface area contributed by atoms with Gasteiger partial charge in [-0.15, -0.1) is 6.58 Å². The van der Waals surface area contributed by atoms with Crippen molar-refractivity contribution in [2.75, 3.05) is 19.6 Å². The Morgan fingerprint density at radius 1 is 1.42 bits per heavy atom. The van der Waals surface area contributed by atoms with E-state index in [2.05, 4.69) is 36.3 Å². The Balaban J connectivity index is 2.14. The molecule has 0 saturated carbocycles. The molecule has 2 aliphatic rings. The van der Waals surface area contributed by atoms with Crippen LogP contribution in [0.2, 0.25) is 0 Å². The monoisotopic (exact) mass is 264 g/mol. The predicted molar refractivity (Wildman–Crippen MR) is 78.9 cm³/mol. The van der Waals surface area contributed by atoms with Gasteiger partial charge in [-0.25, -0.2) is 0 Å². The van der Waals surface area contributed by atoms with Crippen LogP contribution >= 0.6 is 0 Å². The van der Waals surface area contributed by atoms with Gasteiger partial charge in [0.15, 0.2) is 0 Å². The molecule has 0 aromatic carbocycles. The van der Waals surface area contributed by atoms with Gasteiger partial charge in [0.2, 0.25) is 5.91 Å². The average Bonchev–Trinajstić information content (AvgIpc) is 2.73. The van der Waals surface area contributed by atoms with Crippen LogP contribution in [-0.4, -0.2) is 46.9 Å². The van der Waals surface area contributed by atoms with Gasteiger partial charge in [-0.2, -0.15) is 0 Å². The maximum atomic E-state index is 12.4. The Kier molecular flexibility index (Phi) is 4.05. The fourth-order valence-corrected chi connectivity index (χ4v) is 3.80. The molecule has 2 atom stereocenters. The third kappa shape index (κ3) is 2.33. The molecule has 0 aromatic heterocycles. The SMILES string of the molecule is C=CC1N(CC(C)C)CC12CCCN2C(=O)C(C)C. The van der Waals surface area contributed by atoms with E-state index in [1.54, 1.807) is 0 Å². The van der Waals surface area contributed by atoms with Gasteiger partial charge in [-0.1, -0.05) is 33.8 Å². The van der Waals surface area contributed by atoms with Crippen LogP contribution in [0, 0.1) is 11.8 Å². The minimum Gasteiger partial charge on any atom is -0.334 e. The normalized spacial score (nSPS) is 31.3. The zero-order chi connectivity index (χ0) is 14.2. The molecule has 19 heavy (non-hydrogen) atoms. The number of carbonyl (C=O) groups excluding carboxylic acids is 1. The lowest BCUT2D eigenvalue weighted by Crippen LogP contribution is -2.75. The summed E-state index contributed by atoms with van der Waals surface area (Å²) in [7, 11) is 0. The van der Waals surface area contributed by atoms with Gasteiger partial charge >= 0.3 is 0 Å². The molecule has 108 valence electrons. The first-order chi connectivity index (χ1) is 8.92. The molecule has 2 heterocycles. The van der Waals surface area contributed by atoms with Crippen LogP contribution in [0.3, 0.4) is 0 Å². The van der Waals surface area contributed by atoms with Crippen molar-refractivity contribution < 1.29 is 4.79 Å². The van der Waals surface area contributed by atoms with Crippen molar-refractivity contribution in [2.45, 2.75) is 52.1 Å². The van der Waals surface area contributed by atoms with Crippen LogP contribution in [-0.2, 0) is 4.79 Å². The van der Waals surface area contributed by atoms with E-state index in [0.717, 1.165) is 32.5 Å². The summed E-state index contributed by atoms with van der Waals surface area (Å²) < 4.78 is 0. The molecule has 0 aliphatic carbocycles. The first-order valence-electron chi connectivity index (χ1n) is 7.60. The Morgan fingerprint density at radius 3 is 2.63 bits per heavy atom. The number of rotatable bonds is 4. The maximum absolute atomic E-state index is 12.4. The highest BCUT2D eigenvalue weighted by atomic mass is 16.2. The second kappa shape index (κ2) is 5.28. The summed E-state index contributed by atoms with van der Waals surface area (Å²) in [5.41, 5.74) is 0.0536. The fourth-order valence-electron chi connectivity index (χ4n) is 3.80. The van der Waals surface area contributed by atoms with Gasteiger partial charge in [0.1, 0.15) is 0 Å². The molecule has 2 unspecified atom stereocenters. The molecule has 0 bridgehead atoms. The van der Waals surface area contributed by atoms with Gasteiger partial charge in [-0.05, 0) is 18.8 Å². The fraction of sp³-hybridized carbons (Fsp3) is 0.812. The Morgan fingerprint density at radius 2 is 2.11 bits per heavy atom. The topological polar surface area (TPSA) is 23.6 Å². The van der Waals surface area contributed by atoms with Gasteiger partial charge in [-0.3, -0.25) is 9.69 Å². The first-order valence-corrected chi connectivity index (χ1v) is 7.60. The zero-order valence-electron chi connectivity index (χ0n) is 12.9. The Labute approximate surface area is 117 Å². The Hall–Kier alpha value is -0.830. The summed E-state index contributed by atoms with van der Waals surface area (Å²) in [6.07, 6.45) is 4.33. The van der Waals surface area contributed by atoms with Gasteiger partial charge in [0.25, 0.3) is 0 Å². The van der Waals surface area contributed by atoms with E-state index in [9.17, 15) is 4.79 Å². The molecule has 3 nitrogen and oxygen atoms in total. The first kappa shape index (κ1) is 14.6. The van der Waals surface area contributed by atoms with E-state index in [1.165, 1.54) is 0 Å². The molecule has 1 spiro atoms. The number of nitrogens with zero attached hydrogens (tertiary/aromatic N) is 2. The molecular formula is C16H28N2O. The van der Waals surface area contributed by atoms with E-state index < -0.39 is 0 Å². The van der Waals surface area contributed by atoms with Crippen molar-refractivity contribution in [3.05, 3.63) is 12.7 Å². The number of likely N-dealkylation sites (tertiary alicyclic amines) is 2. The van der Waals surface area contributed by atoms with Crippen LogP contribution in [0.25, 0.3) is 0 Å². The molecule has 1 amide bonds. The third-order valence-electron chi connectivity index (χ3n) is 4.53. The molecule has 2 aliphatic heterocycles. The molecule has 3 heteroatoms. The highest BCUT2D eigenvalue weighted by Gasteiger charge is 2.58. The summed E-state index contributed by atoms with van der Waals surface area (Å²) in [5.74, 6) is 1.07. The van der Waals surface area contributed by atoms with E-state index in [4.69, 9.17) is 0 Å². The lowest BCUT2D eigenvalue weighted by Gasteiger charge is -2.59. The van der Waals surface area contributed by atoms with Crippen molar-refractivity contribution >= 4 is 5.91 Å². The lowest BCUT2D eigenvalue weighted by atomic mass is 9.76. The molecular weight excluding hydrogens is 236 g/mol. The van der Waals surface area contributed by atoms with Gasteiger partial charge < -0.3 is 4.90 Å². The van der Waals surface area contributed by atoms with Gasteiger partial charge in [0, 0.05) is 25.6 Å². The number of carbonyl (C=O) groups is 1. The van der Waals surface area contributed by atoms with Crippen LogP contribution in [0.15, 0.2) is 12.7 Å². The average molecular weight is 264 g/mol. The quantitative estimate of drug-likeness (QED) is 0.729. The maximum Gasteiger partial charge on any atom is 0.225 e. The minimum absolute atomic E-state index is 0.0536. The molecule has 0 N–H and O–H groups in total. The van der Waals surface area contributed by atoms with Crippen LogP contribution in [0.5, 0.6) is 0 Å². The molecule has 2 saturated heterocycles. The molecule has 2 fully saturated rings. The summed E-state index contributed by atoms with van der Waals surface area (Å²) in [5, 5.41) is 0. The van der Waals surface area contributed by atoms with Crippen molar-refractivity contribution in [1.82, 2.24) is 9.80 Å². The lowest BCUT2D eigenvalue weighted by molar-refractivity contribution is -0.150. The number of hydrogen-bond donors (Lipinski definition) is 0. The van der Waals surface area contributed by atoms with Crippen molar-refractivity contribution in [2.24, 2.45) is 11.8 Å². The van der Waals surface area contributed by atoms with E-state index in [-0.39, 0.29) is 11.5 Å². The van der Waals surface area contributed by atoms with Crippen LogP contribution in [0.1, 0.15) is 40.5 Å².